The normalized spacial score (nSPS) is 15.9. The van der Waals surface area contributed by atoms with Gasteiger partial charge in [0.2, 0.25) is 17.1 Å². The first kappa shape index (κ1) is 31.8. The van der Waals surface area contributed by atoms with Crippen molar-refractivity contribution >= 4 is 34.6 Å². The van der Waals surface area contributed by atoms with Gasteiger partial charge < -0.3 is 40.3 Å². The standard InChI is InChI=1S/C32H37FN8O6/c1-17(47-27-24(45-2)11-18(12-25(27)46-3)10-19-14-36-32(35)37-28(19)34)15-39-6-8-40(9-7-39)30-23(33)13-21-26(42)22(31(43)44)16-41(20-4-5-20)29(21)38-30/h11-14,16-17,20H,4-10,15H2,1-3H3,(H,43,44)(H4,34,35,36,37). The van der Waals surface area contributed by atoms with E-state index in [1.807, 2.05) is 24.0 Å². The van der Waals surface area contributed by atoms with E-state index in [1.165, 1.54) is 6.20 Å². The molecule has 0 bridgehead atoms. The number of carboxylic acid groups (broad SMARTS) is 1. The molecule has 14 nitrogen and oxygen atoms in total. The fourth-order valence-corrected chi connectivity index (χ4v) is 5.93. The monoisotopic (exact) mass is 648 g/mol. The molecule has 6 rings (SSSR count). The molecule has 4 heterocycles. The Morgan fingerprint density at radius 2 is 1.77 bits per heavy atom. The van der Waals surface area contributed by atoms with Gasteiger partial charge in [-0.1, -0.05) is 0 Å². The molecule has 1 aliphatic heterocycles. The molecule has 15 heteroatoms. The van der Waals surface area contributed by atoms with Crippen molar-refractivity contribution < 1.29 is 28.5 Å². The van der Waals surface area contributed by atoms with Crippen LogP contribution in [0.3, 0.4) is 0 Å². The van der Waals surface area contributed by atoms with E-state index in [9.17, 15) is 14.7 Å². The van der Waals surface area contributed by atoms with Gasteiger partial charge in [0.25, 0.3) is 0 Å². The maximum atomic E-state index is 15.4. The Balaban J connectivity index is 1.13. The first-order valence-electron chi connectivity index (χ1n) is 15.3. The smallest absolute Gasteiger partial charge is 0.341 e. The Hall–Kier alpha value is -5.18. The summed E-state index contributed by atoms with van der Waals surface area (Å²) in [6, 6.07) is 4.88. The number of piperazine rings is 1. The molecule has 1 aromatic carbocycles. The van der Waals surface area contributed by atoms with Gasteiger partial charge in [0.1, 0.15) is 23.1 Å². The van der Waals surface area contributed by atoms with E-state index >= 15 is 4.39 Å². The van der Waals surface area contributed by atoms with Gasteiger partial charge in [-0.05, 0) is 43.5 Å². The fourth-order valence-electron chi connectivity index (χ4n) is 5.93. The van der Waals surface area contributed by atoms with E-state index in [2.05, 4.69) is 19.9 Å². The van der Waals surface area contributed by atoms with Crippen molar-refractivity contribution in [2.45, 2.75) is 38.3 Å². The first-order valence-corrected chi connectivity index (χ1v) is 15.3. The third-order valence-corrected chi connectivity index (χ3v) is 8.45. The van der Waals surface area contributed by atoms with E-state index in [1.54, 1.807) is 25.0 Å². The molecule has 47 heavy (non-hydrogen) atoms. The molecule has 1 unspecified atom stereocenters. The molecule has 0 spiro atoms. The molecular weight excluding hydrogens is 611 g/mol. The number of ether oxygens (including phenoxy) is 3. The number of nitrogens with zero attached hydrogens (tertiary/aromatic N) is 6. The Kier molecular flexibility index (Phi) is 8.73. The number of methoxy groups -OCH3 is 2. The number of hydrogen-bond acceptors (Lipinski definition) is 12. The summed E-state index contributed by atoms with van der Waals surface area (Å²) in [6.07, 6.45) is 4.81. The summed E-state index contributed by atoms with van der Waals surface area (Å²) in [5, 5.41) is 9.48. The summed E-state index contributed by atoms with van der Waals surface area (Å²) in [7, 11) is 3.12. The van der Waals surface area contributed by atoms with Gasteiger partial charge in [0, 0.05) is 63.1 Å². The number of aromatic carboxylic acids is 1. The van der Waals surface area contributed by atoms with Crippen molar-refractivity contribution in [3.63, 3.8) is 0 Å². The number of carboxylic acids is 1. The predicted octanol–water partition coefficient (Wildman–Crippen LogP) is 2.72. The van der Waals surface area contributed by atoms with Gasteiger partial charge >= 0.3 is 5.97 Å². The number of nitrogen functional groups attached to an aromatic ring is 2. The highest BCUT2D eigenvalue weighted by Gasteiger charge is 2.30. The topological polar surface area (TPSA) is 184 Å². The fraction of sp³-hybridized carbons (Fsp3) is 0.406. The lowest BCUT2D eigenvalue weighted by molar-refractivity contribution is 0.0694. The van der Waals surface area contributed by atoms with Gasteiger partial charge in [-0.2, -0.15) is 4.98 Å². The molecule has 1 saturated heterocycles. The van der Waals surface area contributed by atoms with Crippen molar-refractivity contribution in [3.05, 3.63) is 63.3 Å². The lowest BCUT2D eigenvalue weighted by atomic mass is 10.1. The number of aromatic nitrogens is 4. The summed E-state index contributed by atoms with van der Waals surface area (Å²) in [5.41, 5.74) is 12.4. The molecular formula is C32H37FN8O6. The van der Waals surface area contributed by atoms with Crippen LogP contribution in [-0.4, -0.2) is 88.5 Å². The number of nitrogens with two attached hydrogens (primary N) is 2. The molecule has 1 aliphatic carbocycles. The lowest BCUT2D eigenvalue weighted by Crippen LogP contribution is -2.49. The van der Waals surface area contributed by atoms with Gasteiger partial charge in [-0.15, -0.1) is 0 Å². The number of benzene rings is 1. The third-order valence-electron chi connectivity index (χ3n) is 8.45. The number of anilines is 3. The van der Waals surface area contributed by atoms with Crippen LogP contribution in [0.4, 0.5) is 22.0 Å². The van der Waals surface area contributed by atoms with Crippen LogP contribution in [0.25, 0.3) is 11.0 Å². The molecule has 1 saturated carbocycles. The summed E-state index contributed by atoms with van der Waals surface area (Å²) < 4.78 is 34.7. The SMILES string of the molecule is COc1cc(Cc2cnc(N)nc2N)cc(OC)c1OC(C)CN1CCN(c2nc3c(cc2F)c(=O)c(C(=O)O)cn3C2CC2)CC1. The zero-order chi connectivity index (χ0) is 33.4. The number of pyridine rings is 2. The number of carbonyl (C=O) groups is 1. The number of hydrogen-bond donors (Lipinski definition) is 3. The molecule has 5 N–H and O–H groups in total. The largest absolute Gasteiger partial charge is 0.493 e. The Labute approximate surface area is 269 Å². The van der Waals surface area contributed by atoms with Crippen molar-refractivity contribution in [1.29, 1.82) is 0 Å². The van der Waals surface area contributed by atoms with Crippen LogP contribution in [-0.2, 0) is 6.42 Å². The van der Waals surface area contributed by atoms with Crippen molar-refractivity contribution in [2.24, 2.45) is 0 Å². The van der Waals surface area contributed by atoms with E-state index in [0.29, 0.717) is 73.4 Å². The van der Waals surface area contributed by atoms with Crippen molar-refractivity contribution in [3.8, 4) is 17.2 Å². The minimum atomic E-state index is -1.34. The molecule has 2 fully saturated rings. The molecule has 1 atom stereocenters. The zero-order valence-electron chi connectivity index (χ0n) is 26.4. The quantitative estimate of drug-likeness (QED) is 0.216. The minimum Gasteiger partial charge on any atom is -0.493 e. The van der Waals surface area contributed by atoms with E-state index < -0.39 is 17.2 Å². The summed E-state index contributed by atoms with van der Waals surface area (Å²) in [5.74, 6) is 0.0516. The Bertz CT molecular complexity index is 1870. The summed E-state index contributed by atoms with van der Waals surface area (Å²) >= 11 is 0. The molecule has 3 aromatic heterocycles. The molecule has 0 radical (unpaired) electrons. The van der Waals surface area contributed by atoms with Crippen LogP contribution in [0, 0.1) is 5.82 Å². The number of rotatable bonds is 11. The van der Waals surface area contributed by atoms with Crippen LogP contribution in [0.15, 0.2) is 35.4 Å². The maximum absolute atomic E-state index is 15.4. The van der Waals surface area contributed by atoms with Gasteiger partial charge in [-0.3, -0.25) is 9.69 Å². The highest BCUT2D eigenvalue weighted by molar-refractivity contribution is 5.92. The highest BCUT2D eigenvalue weighted by Crippen LogP contribution is 2.40. The second-order valence-corrected chi connectivity index (χ2v) is 11.8. The molecule has 2 aliphatic rings. The molecule has 248 valence electrons. The Morgan fingerprint density at radius 3 is 2.36 bits per heavy atom. The average molecular weight is 649 g/mol. The Morgan fingerprint density at radius 1 is 1.09 bits per heavy atom. The van der Waals surface area contributed by atoms with E-state index in [-0.39, 0.29) is 34.9 Å². The van der Waals surface area contributed by atoms with Crippen LogP contribution >= 0.6 is 0 Å². The van der Waals surface area contributed by atoms with Crippen molar-refractivity contribution in [2.75, 3.05) is 63.3 Å². The van der Waals surface area contributed by atoms with Crippen LogP contribution in [0.2, 0.25) is 0 Å². The summed E-state index contributed by atoms with van der Waals surface area (Å²) in [4.78, 5) is 41.2. The van der Waals surface area contributed by atoms with Crippen LogP contribution in [0.1, 0.15) is 47.3 Å². The highest BCUT2D eigenvalue weighted by atomic mass is 19.1. The predicted molar refractivity (Wildman–Crippen MR) is 173 cm³/mol. The second-order valence-electron chi connectivity index (χ2n) is 11.8. The number of halogens is 1. The van der Waals surface area contributed by atoms with Crippen LogP contribution < -0.4 is 36.0 Å². The van der Waals surface area contributed by atoms with Crippen molar-refractivity contribution in [1.82, 2.24) is 24.4 Å². The number of fused-ring (bicyclic) bond motifs is 1. The minimum absolute atomic E-state index is 0.0232. The maximum Gasteiger partial charge on any atom is 0.341 e. The lowest BCUT2D eigenvalue weighted by Gasteiger charge is -2.36. The first-order chi connectivity index (χ1) is 22.6. The van der Waals surface area contributed by atoms with Gasteiger partial charge in [-0.25, -0.2) is 19.2 Å². The molecule has 4 aromatic rings. The third kappa shape index (κ3) is 6.56. The van der Waals surface area contributed by atoms with Crippen LogP contribution in [0.5, 0.6) is 17.2 Å². The van der Waals surface area contributed by atoms with Gasteiger partial charge in [0.15, 0.2) is 23.1 Å². The zero-order valence-corrected chi connectivity index (χ0v) is 26.4. The average Bonchev–Trinajstić information content (AvgIpc) is 3.89. The van der Waals surface area contributed by atoms with E-state index in [0.717, 1.165) is 24.5 Å². The summed E-state index contributed by atoms with van der Waals surface area (Å²) in [6.45, 7) is 4.80. The molecule has 0 amide bonds. The second kappa shape index (κ2) is 12.9. The van der Waals surface area contributed by atoms with E-state index in [4.69, 9.17) is 25.7 Å². The van der Waals surface area contributed by atoms with Gasteiger partial charge in [0.05, 0.1) is 19.6 Å².